The van der Waals surface area contributed by atoms with Gasteiger partial charge in [-0.25, -0.2) is 5.01 Å². The minimum Gasteiger partial charge on any atom is -0.453 e. The maximum atomic E-state index is 13.8. The average molecular weight is 409 g/mol. The number of nitrogens with zero attached hydrogens (tertiary/aromatic N) is 3. The third-order valence-electron chi connectivity index (χ3n) is 6.63. The molecule has 1 amide bonds. The molecular formula is C26H23N3O2. The van der Waals surface area contributed by atoms with E-state index in [0.29, 0.717) is 0 Å². The van der Waals surface area contributed by atoms with Crippen LogP contribution < -0.4 is 9.64 Å². The van der Waals surface area contributed by atoms with Crippen LogP contribution in [-0.4, -0.2) is 23.7 Å². The van der Waals surface area contributed by atoms with Crippen molar-refractivity contribution in [2.45, 2.75) is 32.0 Å². The van der Waals surface area contributed by atoms with E-state index in [-0.39, 0.29) is 11.9 Å². The SMILES string of the molecule is Cc1ccc(C2=NN3[C@H](C2)c2ccccc2O[C@]32C(=O)N(C)c3ccc(C)cc32)cc1. The average Bonchev–Trinajstić information content (AvgIpc) is 3.31. The quantitative estimate of drug-likeness (QED) is 0.586. The van der Waals surface area contributed by atoms with Crippen molar-refractivity contribution in [1.82, 2.24) is 5.01 Å². The molecular weight excluding hydrogens is 386 g/mol. The van der Waals surface area contributed by atoms with E-state index >= 15 is 0 Å². The number of hydrogen-bond donors (Lipinski definition) is 0. The van der Waals surface area contributed by atoms with Crippen molar-refractivity contribution in [3.63, 3.8) is 0 Å². The molecule has 3 aromatic rings. The van der Waals surface area contributed by atoms with Gasteiger partial charge in [0.05, 0.1) is 23.0 Å². The van der Waals surface area contributed by atoms with Gasteiger partial charge < -0.3 is 9.64 Å². The minimum absolute atomic E-state index is 0.0648. The van der Waals surface area contributed by atoms with E-state index in [4.69, 9.17) is 9.84 Å². The lowest BCUT2D eigenvalue weighted by molar-refractivity contribution is -0.163. The predicted molar refractivity (Wildman–Crippen MR) is 120 cm³/mol. The second-order valence-electron chi connectivity index (χ2n) is 8.65. The zero-order chi connectivity index (χ0) is 21.3. The van der Waals surface area contributed by atoms with Crippen LogP contribution in [0.4, 0.5) is 5.69 Å². The van der Waals surface area contributed by atoms with Crippen LogP contribution in [0.5, 0.6) is 5.75 Å². The number of para-hydroxylation sites is 1. The molecule has 0 fully saturated rings. The molecule has 0 saturated carbocycles. The number of anilines is 1. The van der Waals surface area contributed by atoms with Crippen LogP contribution in [0, 0.1) is 13.8 Å². The Balaban J connectivity index is 1.59. The predicted octanol–water partition coefficient (Wildman–Crippen LogP) is 4.68. The highest BCUT2D eigenvalue weighted by Gasteiger charge is 2.62. The summed E-state index contributed by atoms with van der Waals surface area (Å²) in [6.45, 7) is 4.12. The van der Waals surface area contributed by atoms with Crippen molar-refractivity contribution < 1.29 is 9.53 Å². The molecule has 2 atom stereocenters. The van der Waals surface area contributed by atoms with E-state index in [1.165, 1.54) is 5.56 Å². The van der Waals surface area contributed by atoms with Crippen LogP contribution in [0.3, 0.4) is 0 Å². The van der Waals surface area contributed by atoms with E-state index < -0.39 is 5.72 Å². The first kappa shape index (κ1) is 18.2. The molecule has 3 aliphatic heterocycles. The first-order valence-corrected chi connectivity index (χ1v) is 10.6. The largest absolute Gasteiger partial charge is 0.453 e. The molecule has 3 aliphatic rings. The summed E-state index contributed by atoms with van der Waals surface area (Å²) in [7, 11) is 1.81. The fraction of sp³-hybridized carbons (Fsp3) is 0.231. The first-order chi connectivity index (χ1) is 15.0. The number of ether oxygens (including phenoxy) is 1. The Kier molecular flexibility index (Phi) is 3.64. The van der Waals surface area contributed by atoms with Gasteiger partial charge >= 0.3 is 5.72 Å². The molecule has 0 bridgehead atoms. The highest BCUT2D eigenvalue weighted by atomic mass is 16.5. The molecule has 1 spiro atoms. The molecule has 31 heavy (non-hydrogen) atoms. The number of amides is 1. The van der Waals surface area contributed by atoms with Gasteiger partial charge in [0.25, 0.3) is 5.91 Å². The van der Waals surface area contributed by atoms with Gasteiger partial charge in [-0.05, 0) is 37.6 Å². The molecule has 0 aliphatic carbocycles. The zero-order valence-electron chi connectivity index (χ0n) is 17.8. The fourth-order valence-electron chi connectivity index (χ4n) is 5.00. The number of aryl methyl sites for hydroxylation is 2. The van der Waals surface area contributed by atoms with Gasteiger partial charge in [0.1, 0.15) is 5.75 Å². The molecule has 5 heteroatoms. The Morgan fingerprint density at radius 3 is 2.55 bits per heavy atom. The van der Waals surface area contributed by atoms with Gasteiger partial charge in [0.15, 0.2) is 0 Å². The number of hydrazone groups is 1. The van der Waals surface area contributed by atoms with E-state index in [9.17, 15) is 4.79 Å². The molecule has 3 heterocycles. The summed E-state index contributed by atoms with van der Waals surface area (Å²) < 4.78 is 6.59. The van der Waals surface area contributed by atoms with Gasteiger partial charge in [0.2, 0.25) is 0 Å². The van der Waals surface area contributed by atoms with Crippen LogP contribution in [0.15, 0.2) is 71.8 Å². The van der Waals surface area contributed by atoms with Crippen molar-refractivity contribution in [2.75, 3.05) is 11.9 Å². The van der Waals surface area contributed by atoms with Crippen molar-refractivity contribution in [3.8, 4) is 5.75 Å². The summed E-state index contributed by atoms with van der Waals surface area (Å²) in [5.41, 5.74) is 5.85. The van der Waals surface area contributed by atoms with Crippen molar-refractivity contribution in [1.29, 1.82) is 0 Å². The van der Waals surface area contributed by atoms with Gasteiger partial charge in [-0.15, -0.1) is 0 Å². The molecule has 0 N–H and O–H groups in total. The summed E-state index contributed by atoms with van der Waals surface area (Å²) in [6, 6.07) is 22.4. The standard InChI is InChI=1S/C26H23N3O2/c1-16-8-11-18(12-9-16)21-15-23-19-6-4-5-7-24(19)31-26(29(23)27-21)20-14-17(2)10-13-22(20)28(3)25(26)30/h4-14,23H,15H2,1-3H3/t23-,26-/m1/s1. The monoisotopic (exact) mass is 409 g/mol. The summed E-state index contributed by atoms with van der Waals surface area (Å²) in [5.74, 6) is 0.640. The number of hydrogen-bond acceptors (Lipinski definition) is 4. The smallest absolute Gasteiger partial charge is 0.306 e. The normalized spacial score (nSPS) is 23.4. The van der Waals surface area contributed by atoms with Crippen LogP contribution >= 0.6 is 0 Å². The first-order valence-electron chi connectivity index (χ1n) is 10.6. The molecule has 0 radical (unpaired) electrons. The number of benzene rings is 3. The van der Waals surface area contributed by atoms with Crippen molar-refractivity contribution in [3.05, 3.63) is 94.5 Å². The van der Waals surface area contributed by atoms with E-state index in [2.05, 4.69) is 43.3 Å². The highest BCUT2D eigenvalue weighted by molar-refractivity contribution is 6.08. The minimum atomic E-state index is -1.29. The van der Waals surface area contributed by atoms with E-state index in [1.54, 1.807) is 4.90 Å². The molecule has 3 aromatic carbocycles. The number of rotatable bonds is 1. The van der Waals surface area contributed by atoms with Crippen LogP contribution in [-0.2, 0) is 10.5 Å². The maximum absolute atomic E-state index is 13.8. The molecule has 0 aromatic heterocycles. The Hall–Kier alpha value is -3.60. The highest BCUT2D eigenvalue weighted by Crippen LogP contribution is 2.55. The summed E-state index contributed by atoms with van der Waals surface area (Å²) in [5, 5.41) is 6.95. The Bertz CT molecular complexity index is 1260. The fourth-order valence-corrected chi connectivity index (χ4v) is 5.00. The number of likely N-dealkylation sites (N-methyl/N-ethyl adjacent to an activating group) is 1. The Morgan fingerprint density at radius 2 is 1.74 bits per heavy atom. The maximum Gasteiger partial charge on any atom is 0.306 e. The van der Waals surface area contributed by atoms with Crippen LogP contribution in [0.25, 0.3) is 0 Å². The molecule has 6 rings (SSSR count). The molecule has 5 nitrogen and oxygen atoms in total. The van der Waals surface area contributed by atoms with E-state index in [1.807, 2.05) is 49.3 Å². The second-order valence-corrected chi connectivity index (χ2v) is 8.65. The second kappa shape index (κ2) is 6.20. The number of fused-ring (bicyclic) bond motifs is 6. The number of carbonyl (C=O) groups excluding carboxylic acids is 1. The Labute approximate surface area is 181 Å². The number of carbonyl (C=O) groups is 1. The van der Waals surface area contributed by atoms with Gasteiger partial charge in [-0.1, -0.05) is 59.7 Å². The lowest BCUT2D eigenvalue weighted by atomic mass is 9.92. The molecule has 154 valence electrons. The summed E-state index contributed by atoms with van der Waals surface area (Å²) in [4.78, 5) is 15.5. The van der Waals surface area contributed by atoms with Gasteiger partial charge in [-0.2, -0.15) is 5.10 Å². The third-order valence-corrected chi connectivity index (χ3v) is 6.63. The van der Waals surface area contributed by atoms with Gasteiger partial charge in [-0.3, -0.25) is 4.79 Å². The summed E-state index contributed by atoms with van der Waals surface area (Å²) in [6.07, 6.45) is 0.726. The van der Waals surface area contributed by atoms with Crippen molar-refractivity contribution >= 4 is 17.3 Å². The lowest BCUT2D eigenvalue weighted by Crippen LogP contribution is -2.56. The van der Waals surface area contributed by atoms with Crippen molar-refractivity contribution in [2.24, 2.45) is 5.10 Å². The van der Waals surface area contributed by atoms with Gasteiger partial charge in [0, 0.05) is 19.0 Å². The Morgan fingerprint density at radius 1 is 1.00 bits per heavy atom. The van der Waals surface area contributed by atoms with E-state index in [0.717, 1.165) is 45.8 Å². The molecule has 0 saturated heterocycles. The molecule has 0 unspecified atom stereocenters. The van der Waals surface area contributed by atoms with Crippen LogP contribution in [0.2, 0.25) is 0 Å². The third kappa shape index (κ3) is 2.37. The van der Waals surface area contributed by atoms with Crippen LogP contribution in [0.1, 0.15) is 40.3 Å². The summed E-state index contributed by atoms with van der Waals surface area (Å²) >= 11 is 0. The lowest BCUT2D eigenvalue weighted by Gasteiger charge is -2.44. The topological polar surface area (TPSA) is 45.1 Å². The zero-order valence-corrected chi connectivity index (χ0v) is 17.8.